The van der Waals surface area contributed by atoms with E-state index in [0.717, 1.165) is 31.6 Å². The molecule has 0 radical (unpaired) electrons. The second kappa shape index (κ2) is 6.06. The van der Waals surface area contributed by atoms with Gasteiger partial charge in [0.25, 0.3) is 0 Å². The van der Waals surface area contributed by atoms with Gasteiger partial charge in [-0.25, -0.2) is 9.97 Å². The predicted octanol–water partition coefficient (Wildman–Crippen LogP) is 2.07. The lowest BCUT2D eigenvalue weighted by Crippen LogP contribution is -2.45. The van der Waals surface area contributed by atoms with Crippen LogP contribution in [0.3, 0.4) is 0 Å². The average Bonchev–Trinajstić information content (AvgIpc) is 2.93. The van der Waals surface area contributed by atoms with Crippen LogP contribution in [0.1, 0.15) is 44.1 Å². The fourth-order valence-corrected chi connectivity index (χ4v) is 3.48. The SMILES string of the molecule is COc1ncncc1CNC1CCOC2(CCCC2)C1. The average molecular weight is 277 g/mol. The highest BCUT2D eigenvalue weighted by molar-refractivity contribution is 5.21. The van der Waals surface area contributed by atoms with E-state index in [9.17, 15) is 0 Å². The van der Waals surface area contributed by atoms with Gasteiger partial charge in [-0.2, -0.15) is 0 Å². The second-order valence-electron chi connectivity index (χ2n) is 5.87. The first-order valence-electron chi connectivity index (χ1n) is 7.51. The molecule has 1 atom stereocenters. The molecule has 3 rings (SSSR count). The van der Waals surface area contributed by atoms with Gasteiger partial charge in [0.2, 0.25) is 5.88 Å². The van der Waals surface area contributed by atoms with Crippen LogP contribution in [0.25, 0.3) is 0 Å². The third kappa shape index (κ3) is 2.94. The topological polar surface area (TPSA) is 56.3 Å². The maximum absolute atomic E-state index is 6.06. The first kappa shape index (κ1) is 13.8. The molecule has 5 heteroatoms. The van der Waals surface area contributed by atoms with E-state index in [1.165, 1.54) is 32.0 Å². The second-order valence-corrected chi connectivity index (χ2v) is 5.87. The van der Waals surface area contributed by atoms with Crippen LogP contribution in [-0.4, -0.2) is 35.3 Å². The Hall–Kier alpha value is -1.20. The van der Waals surface area contributed by atoms with Gasteiger partial charge in [-0.1, -0.05) is 12.8 Å². The van der Waals surface area contributed by atoms with E-state index in [2.05, 4.69) is 15.3 Å². The first-order chi connectivity index (χ1) is 9.81. The summed E-state index contributed by atoms with van der Waals surface area (Å²) in [6.07, 6.45) is 10.6. The molecule has 5 nitrogen and oxygen atoms in total. The van der Waals surface area contributed by atoms with Crippen LogP contribution in [0, 0.1) is 0 Å². The van der Waals surface area contributed by atoms with Gasteiger partial charge in [0.15, 0.2) is 0 Å². The zero-order chi connectivity index (χ0) is 13.8. The molecule has 1 aromatic heterocycles. The van der Waals surface area contributed by atoms with Crippen molar-refractivity contribution in [1.82, 2.24) is 15.3 Å². The van der Waals surface area contributed by atoms with Crippen molar-refractivity contribution < 1.29 is 9.47 Å². The van der Waals surface area contributed by atoms with Crippen LogP contribution >= 0.6 is 0 Å². The first-order valence-corrected chi connectivity index (χ1v) is 7.51. The number of aromatic nitrogens is 2. The van der Waals surface area contributed by atoms with Crippen LogP contribution in [-0.2, 0) is 11.3 Å². The Bertz CT molecular complexity index is 446. The maximum Gasteiger partial charge on any atom is 0.220 e. The normalized spacial score (nSPS) is 24.9. The highest BCUT2D eigenvalue weighted by Crippen LogP contribution is 2.40. The molecule has 110 valence electrons. The Morgan fingerprint density at radius 3 is 3.10 bits per heavy atom. The molecule has 1 unspecified atom stereocenters. The van der Waals surface area contributed by atoms with E-state index in [0.29, 0.717) is 11.9 Å². The molecule has 2 fully saturated rings. The fourth-order valence-electron chi connectivity index (χ4n) is 3.48. The van der Waals surface area contributed by atoms with Crippen molar-refractivity contribution in [2.24, 2.45) is 0 Å². The van der Waals surface area contributed by atoms with E-state index < -0.39 is 0 Å². The third-order valence-electron chi connectivity index (χ3n) is 4.53. The van der Waals surface area contributed by atoms with Gasteiger partial charge in [-0.15, -0.1) is 0 Å². The van der Waals surface area contributed by atoms with E-state index in [1.807, 2.05) is 6.20 Å². The van der Waals surface area contributed by atoms with Gasteiger partial charge in [-0.05, 0) is 25.7 Å². The molecule has 0 amide bonds. The van der Waals surface area contributed by atoms with E-state index in [-0.39, 0.29) is 5.60 Å². The molecule has 1 spiro atoms. The molecule has 1 aliphatic carbocycles. The number of methoxy groups -OCH3 is 1. The van der Waals surface area contributed by atoms with Gasteiger partial charge >= 0.3 is 0 Å². The highest BCUT2D eigenvalue weighted by atomic mass is 16.5. The van der Waals surface area contributed by atoms with Crippen molar-refractivity contribution in [2.45, 2.75) is 56.7 Å². The van der Waals surface area contributed by atoms with Gasteiger partial charge in [0.05, 0.1) is 12.7 Å². The van der Waals surface area contributed by atoms with E-state index >= 15 is 0 Å². The molecule has 20 heavy (non-hydrogen) atoms. The summed E-state index contributed by atoms with van der Waals surface area (Å²) in [7, 11) is 1.65. The summed E-state index contributed by atoms with van der Waals surface area (Å²) in [5, 5.41) is 3.62. The highest BCUT2D eigenvalue weighted by Gasteiger charge is 2.39. The van der Waals surface area contributed by atoms with Crippen molar-refractivity contribution in [3.05, 3.63) is 18.1 Å². The Morgan fingerprint density at radius 2 is 2.30 bits per heavy atom. The number of nitrogens with zero attached hydrogens (tertiary/aromatic N) is 2. The van der Waals surface area contributed by atoms with Gasteiger partial charge < -0.3 is 14.8 Å². The van der Waals surface area contributed by atoms with Gasteiger partial charge in [-0.3, -0.25) is 0 Å². The Kier molecular flexibility index (Phi) is 4.17. The molecule has 1 aliphatic heterocycles. The summed E-state index contributed by atoms with van der Waals surface area (Å²) < 4.78 is 11.3. The quantitative estimate of drug-likeness (QED) is 0.913. The summed E-state index contributed by atoms with van der Waals surface area (Å²) >= 11 is 0. The fraction of sp³-hybridized carbons (Fsp3) is 0.733. The Labute approximate surface area is 120 Å². The van der Waals surface area contributed by atoms with Crippen LogP contribution in [0.15, 0.2) is 12.5 Å². The molecule has 1 N–H and O–H groups in total. The minimum absolute atomic E-state index is 0.160. The molecule has 2 heterocycles. The summed E-state index contributed by atoms with van der Waals surface area (Å²) in [4.78, 5) is 8.21. The third-order valence-corrected chi connectivity index (χ3v) is 4.53. The molecular formula is C15H23N3O2. The molecule has 1 saturated heterocycles. The predicted molar refractivity (Wildman–Crippen MR) is 75.6 cm³/mol. The maximum atomic E-state index is 6.06. The van der Waals surface area contributed by atoms with Gasteiger partial charge in [0, 0.05) is 31.0 Å². The lowest BCUT2D eigenvalue weighted by atomic mass is 9.89. The number of nitrogens with one attached hydrogen (secondary N) is 1. The van der Waals surface area contributed by atoms with Crippen LogP contribution in [0.5, 0.6) is 5.88 Å². The van der Waals surface area contributed by atoms with Crippen molar-refractivity contribution in [3.63, 3.8) is 0 Å². The van der Waals surface area contributed by atoms with Crippen molar-refractivity contribution in [2.75, 3.05) is 13.7 Å². The molecular weight excluding hydrogens is 254 g/mol. The van der Waals surface area contributed by atoms with Crippen molar-refractivity contribution in [3.8, 4) is 5.88 Å². The van der Waals surface area contributed by atoms with Crippen LogP contribution in [0.4, 0.5) is 0 Å². The summed E-state index contributed by atoms with van der Waals surface area (Å²) in [5.74, 6) is 0.662. The molecule has 1 saturated carbocycles. The number of hydrogen-bond donors (Lipinski definition) is 1. The standard InChI is InChI=1S/C15H23N3O2/c1-19-14-12(9-16-11-18-14)10-17-13-4-7-20-15(8-13)5-2-3-6-15/h9,11,13,17H,2-8,10H2,1H3. The smallest absolute Gasteiger partial charge is 0.220 e. The lowest BCUT2D eigenvalue weighted by Gasteiger charge is -2.38. The van der Waals surface area contributed by atoms with E-state index in [4.69, 9.17) is 9.47 Å². The van der Waals surface area contributed by atoms with Crippen molar-refractivity contribution >= 4 is 0 Å². The zero-order valence-corrected chi connectivity index (χ0v) is 12.1. The number of rotatable bonds is 4. The Balaban J connectivity index is 1.58. The Morgan fingerprint density at radius 1 is 1.45 bits per heavy atom. The summed E-state index contributed by atoms with van der Waals surface area (Å²) in [6.45, 7) is 1.63. The molecule has 0 aromatic carbocycles. The van der Waals surface area contributed by atoms with Crippen LogP contribution in [0.2, 0.25) is 0 Å². The lowest BCUT2D eigenvalue weighted by molar-refractivity contribution is -0.0838. The molecule has 0 bridgehead atoms. The number of ether oxygens (including phenoxy) is 2. The summed E-state index contributed by atoms with van der Waals surface area (Å²) in [5.41, 5.74) is 1.18. The van der Waals surface area contributed by atoms with Gasteiger partial charge in [0.1, 0.15) is 6.33 Å². The molecule has 1 aromatic rings. The summed E-state index contributed by atoms with van der Waals surface area (Å²) in [6, 6.07) is 0.520. The molecule has 2 aliphatic rings. The minimum atomic E-state index is 0.160. The van der Waals surface area contributed by atoms with Crippen molar-refractivity contribution in [1.29, 1.82) is 0 Å². The van der Waals surface area contributed by atoms with E-state index in [1.54, 1.807) is 7.11 Å². The van der Waals surface area contributed by atoms with Crippen LogP contribution < -0.4 is 10.1 Å². The minimum Gasteiger partial charge on any atom is -0.481 e. The monoisotopic (exact) mass is 277 g/mol. The number of hydrogen-bond acceptors (Lipinski definition) is 5. The largest absolute Gasteiger partial charge is 0.481 e. The zero-order valence-electron chi connectivity index (χ0n) is 12.1.